The number of pyridine rings is 1. The van der Waals surface area contributed by atoms with Crippen LogP contribution in [0, 0.1) is 17.7 Å². The zero-order valence-electron chi connectivity index (χ0n) is 21.8. The number of ether oxygens (including phenoxy) is 1. The van der Waals surface area contributed by atoms with Gasteiger partial charge in [0.1, 0.15) is 17.4 Å². The molecule has 2 bridgehead atoms. The van der Waals surface area contributed by atoms with Crippen molar-refractivity contribution < 1.29 is 27.5 Å². The molecule has 1 aromatic carbocycles. The number of fused-ring (bicyclic) bond motifs is 3. The molecule has 1 aliphatic carbocycles. The molecule has 39 heavy (non-hydrogen) atoms. The van der Waals surface area contributed by atoms with E-state index in [1.807, 2.05) is 16.7 Å². The molecule has 4 aromatic rings. The number of aromatic nitrogens is 4. The fraction of sp³-hybridized carbons (Fsp3) is 0.429. The van der Waals surface area contributed by atoms with E-state index in [2.05, 4.69) is 5.32 Å². The Kier molecular flexibility index (Phi) is 5.92. The number of hydrogen-bond acceptors (Lipinski definition) is 5. The zero-order chi connectivity index (χ0) is 27.6. The summed E-state index contributed by atoms with van der Waals surface area (Å²) in [5, 5.41) is 3.58. The molecule has 1 N–H and O–H groups in total. The summed E-state index contributed by atoms with van der Waals surface area (Å²) in [6, 6.07) is 7.73. The van der Waals surface area contributed by atoms with Crippen LogP contribution in [0.25, 0.3) is 33.6 Å². The van der Waals surface area contributed by atoms with E-state index in [4.69, 9.17) is 14.7 Å². The maximum Gasteiger partial charge on any atom is 0.340 e. The van der Waals surface area contributed by atoms with Crippen LogP contribution in [0.15, 0.2) is 30.3 Å². The number of nitrogens with zero attached hydrogens (tertiary/aromatic N) is 4. The van der Waals surface area contributed by atoms with E-state index in [0.717, 1.165) is 17.5 Å². The first-order valence-electron chi connectivity index (χ1n) is 13.0. The lowest BCUT2D eigenvalue weighted by molar-refractivity contribution is -0.125. The molecule has 1 fully saturated rings. The number of hydrogen-bond donors (Lipinski definition) is 1. The van der Waals surface area contributed by atoms with Gasteiger partial charge in [0.2, 0.25) is 5.91 Å². The Bertz CT molecular complexity index is 1640. The van der Waals surface area contributed by atoms with Gasteiger partial charge in [0.15, 0.2) is 5.82 Å². The zero-order valence-corrected chi connectivity index (χ0v) is 21.8. The summed E-state index contributed by atoms with van der Waals surface area (Å²) in [6.07, 6.45) is 2.33. The van der Waals surface area contributed by atoms with Gasteiger partial charge in [-0.1, -0.05) is 12.8 Å². The summed E-state index contributed by atoms with van der Waals surface area (Å²) in [5.74, 6) is -6.71. The van der Waals surface area contributed by atoms with E-state index in [1.165, 1.54) is 19.2 Å². The van der Waals surface area contributed by atoms with E-state index in [0.29, 0.717) is 54.0 Å². The first kappa shape index (κ1) is 25.4. The van der Waals surface area contributed by atoms with Gasteiger partial charge in [-0.2, -0.15) is 0 Å². The summed E-state index contributed by atoms with van der Waals surface area (Å²) in [6.45, 7) is 2.31. The second kappa shape index (κ2) is 9.10. The number of nitrogens with one attached hydrogen (secondary N) is 1. The van der Waals surface area contributed by atoms with Crippen molar-refractivity contribution in [3.8, 4) is 11.5 Å². The molecule has 1 amide bonds. The highest BCUT2D eigenvalue weighted by molar-refractivity contribution is 5.95. The number of rotatable bonds is 2. The number of carbonyl (C=O) groups is 2. The highest BCUT2D eigenvalue weighted by Crippen LogP contribution is 2.58. The van der Waals surface area contributed by atoms with Crippen LogP contribution in [-0.2, 0) is 23.1 Å². The Labute approximate surface area is 222 Å². The van der Waals surface area contributed by atoms with Crippen molar-refractivity contribution in [2.45, 2.75) is 51.1 Å². The number of methoxy groups -OCH3 is 1. The van der Waals surface area contributed by atoms with Crippen molar-refractivity contribution in [3.63, 3.8) is 0 Å². The van der Waals surface area contributed by atoms with Gasteiger partial charge in [-0.05, 0) is 44.0 Å². The fourth-order valence-corrected chi connectivity index (χ4v) is 5.80. The monoisotopic (exact) mass is 539 g/mol. The van der Waals surface area contributed by atoms with Gasteiger partial charge in [-0.25, -0.2) is 27.9 Å². The molecule has 1 unspecified atom stereocenters. The normalized spacial score (nSPS) is 22.9. The molecule has 0 saturated heterocycles. The molecule has 11 heteroatoms. The van der Waals surface area contributed by atoms with Gasteiger partial charge in [0.25, 0.3) is 5.92 Å². The smallest absolute Gasteiger partial charge is 0.340 e. The number of carbonyl (C=O) groups excluding carboxylic acids is 2. The predicted octanol–water partition coefficient (Wildman–Crippen LogP) is 5.15. The maximum atomic E-state index is 14.7. The van der Waals surface area contributed by atoms with Crippen molar-refractivity contribution >= 4 is 33.9 Å². The van der Waals surface area contributed by atoms with Crippen LogP contribution >= 0.6 is 0 Å². The number of imidazole rings is 1. The Morgan fingerprint density at radius 1 is 1.15 bits per heavy atom. The number of alkyl halides is 2. The third-order valence-corrected chi connectivity index (χ3v) is 8.05. The van der Waals surface area contributed by atoms with Gasteiger partial charge in [-0.15, -0.1) is 0 Å². The second-order valence-corrected chi connectivity index (χ2v) is 10.5. The van der Waals surface area contributed by atoms with Crippen LogP contribution < -0.4 is 5.32 Å². The third-order valence-electron chi connectivity index (χ3n) is 8.05. The molecule has 204 valence electrons. The van der Waals surface area contributed by atoms with Crippen molar-refractivity contribution in [1.29, 1.82) is 0 Å². The first-order valence-corrected chi connectivity index (χ1v) is 13.0. The average molecular weight is 540 g/mol. The molecule has 2 aliphatic rings. The molecule has 0 radical (unpaired) electrons. The van der Waals surface area contributed by atoms with Crippen molar-refractivity contribution in [2.75, 3.05) is 7.11 Å². The van der Waals surface area contributed by atoms with E-state index < -0.39 is 41.5 Å². The quantitative estimate of drug-likeness (QED) is 0.356. The Balaban J connectivity index is 1.44. The number of halogens is 3. The average Bonchev–Trinajstić information content (AvgIpc) is 3.14. The highest BCUT2D eigenvalue weighted by atomic mass is 19.3. The summed E-state index contributed by atoms with van der Waals surface area (Å²) in [7, 11) is 2.97. The van der Waals surface area contributed by atoms with E-state index in [1.54, 1.807) is 24.6 Å². The SMILES string of the molecule is COC(=O)c1cc2nc(-c3cc4ccc5nc4n3CCCCC[C@H]3C(C(=O)N[C@@H]5C)C3(F)F)n(C)c2cc1F. The lowest BCUT2D eigenvalue weighted by atomic mass is 10.1. The lowest BCUT2D eigenvalue weighted by Gasteiger charge is -2.15. The Morgan fingerprint density at radius 3 is 2.72 bits per heavy atom. The molecular weight excluding hydrogens is 511 g/mol. The molecule has 1 saturated carbocycles. The van der Waals surface area contributed by atoms with Gasteiger partial charge >= 0.3 is 5.97 Å². The summed E-state index contributed by atoms with van der Waals surface area (Å²) < 4.78 is 51.9. The molecule has 3 atom stereocenters. The summed E-state index contributed by atoms with van der Waals surface area (Å²) in [5.41, 5.74) is 2.77. The van der Waals surface area contributed by atoms with Gasteiger partial charge < -0.3 is 19.2 Å². The number of esters is 1. The predicted molar refractivity (Wildman–Crippen MR) is 138 cm³/mol. The van der Waals surface area contributed by atoms with Crippen molar-refractivity contribution in [1.82, 2.24) is 24.4 Å². The summed E-state index contributed by atoms with van der Waals surface area (Å²) in [4.78, 5) is 34.2. The van der Waals surface area contributed by atoms with E-state index in [-0.39, 0.29) is 5.56 Å². The lowest BCUT2D eigenvalue weighted by Crippen LogP contribution is -2.30. The minimum Gasteiger partial charge on any atom is -0.465 e. The van der Waals surface area contributed by atoms with Gasteiger partial charge in [0, 0.05) is 31.0 Å². The van der Waals surface area contributed by atoms with Crippen molar-refractivity contribution in [2.24, 2.45) is 18.9 Å². The van der Waals surface area contributed by atoms with E-state index >= 15 is 0 Å². The number of aryl methyl sites for hydroxylation is 2. The Hall–Kier alpha value is -3.89. The fourth-order valence-electron chi connectivity index (χ4n) is 5.80. The van der Waals surface area contributed by atoms with Crippen LogP contribution in [-0.4, -0.2) is 44.0 Å². The Morgan fingerprint density at radius 2 is 1.95 bits per heavy atom. The van der Waals surface area contributed by atoms with Gasteiger partial charge in [-0.3, -0.25) is 4.79 Å². The number of amides is 1. The number of benzene rings is 1. The van der Waals surface area contributed by atoms with Crippen LogP contribution in [0.4, 0.5) is 13.2 Å². The molecule has 1 aliphatic heterocycles. The first-order chi connectivity index (χ1) is 18.6. The largest absolute Gasteiger partial charge is 0.465 e. The highest BCUT2D eigenvalue weighted by Gasteiger charge is 2.71. The third kappa shape index (κ3) is 4.06. The minimum atomic E-state index is -2.97. The van der Waals surface area contributed by atoms with Gasteiger partial charge in [0.05, 0.1) is 41.1 Å². The van der Waals surface area contributed by atoms with Crippen LogP contribution in [0.1, 0.15) is 54.7 Å². The summed E-state index contributed by atoms with van der Waals surface area (Å²) >= 11 is 0. The topological polar surface area (TPSA) is 91.0 Å². The van der Waals surface area contributed by atoms with Crippen molar-refractivity contribution in [3.05, 3.63) is 47.4 Å². The standard InChI is InChI=1S/C28H28F3N5O3/c1-14-19-9-8-15-11-22(25-34-20-12-16(27(38)39-3)18(29)13-21(20)35(25)2)36(24(15)33-19)10-6-4-5-7-17-23(26(37)32-14)28(17,30)31/h8-9,11-14,17,23H,4-7,10H2,1-3H3,(H,32,37)/t14-,17+,23?/m1/s1. The van der Waals surface area contributed by atoms with Crippen LogP contribution in [0.5, 0.6) is 0 Å². The van der Waals surface area contributed by atoms with Crippen LogP contribution in [0.2, 0.25) is 0 Å². The second-order valence-electron chi connectivity index (χ2n) is 10.5. The molecule has 0 spiro atoms. The molecular formula is C28H28F3N5O3. The van der Waals surface area contributed by atoms with Crippen LogP contribution in [0.3, 0.4) is 0 Å². The molecule has 4 heterocycles. The molecule has 3 aromatic heterocycles. The van der Waals surface area contributed by atoms with E-state index in [9.17, 15) is 22.8 Å². The molecule has 6 rings (SSSR count). The minimum absolute atomic E-state index is 0.192. The maximum absolute atomic E-state index is 14.7. The molecule has 8 nitrogen and oxygen atoms in total.